The van der Waals surface area contributed by atoms with Gasteiger partial charge in [0, 0.05) is 53.1 Å². The second kappa shape index (κ2) is 9.44. The first-order valence-corrected chi connectivity index (χ1v) is 14.9. The van der Waals surface area contributed by atoms with Gasteiger partial charge in [0.2, 0.25) is 0 Å². The van der Waals surface area contributed by atoms with Crippen molar-refractivity contribution in [3.63, 3.8) is 0 Å². The third kappa shape index (κ3) is 5.30. The molecular weight excluding hydrogens is 438 g/mol. The molecule has 0 radical (unpaired) electrons. The van der Waals surface area contributed by atoms with Crippen molar-refractivity contribution >= 4 is 36.4 Å². The maximum atomic E-state index is 10.9. The fraction of sp³-hybridized carbons (Fsp3) is 0.500. The van der Waals surface area contributed by atoms with Crippen molar-refractivity contribution in [1.82, 2.24) is 19.5 Å². The van der Waals surface area contributed by atoms with Gasteiger partial charge in [-0.15, -0.1) is 0 Å². The summed E-state index contributed by atoms with van der Waals surface area (Å²) < 4.78 is 7.95. The van der Waals surface area contributed by atoms with Crippen molar-refractivity contribution in [2.45, 2.75) is 44.9 Å². The van der Waals surface area contributed by atoms with Crippen LogP contribution in [0.1, 0.15) is 6.42 Å². The molecule has 0 aromatic carbocycles. The number of aromatic nitrogens is 4. The summed E-state index contributed by atoms with van der Waals surface area (Å²) in [6.07, 6.45) is 5.88. The molecule has 3 aromatic rings. The number of fused-ring (bicyclic) bond motifs is 1. The molecule has 1 atom stereocenters. The molecule has 1 unspecified atom stereocenters. The summed E-state index contributed by atoms with van der Waals surface area (Å²) in [5, 5.41) is 11.9. The maximum Gasteiger partial charge on any atom is 0.287 e. The average Bonchev–Trinajstić information content (AvgIpc) is 3.43. The second-order valence-corrected chi connectivity index (χ2v) is 15.3. The molecule has 3 aromatic heterocycles. The van der Waals surface area contributed by atoms with E-state index in [9.17, 15) is 10.1 Å². The highest BCUT2D eigenvalue weighted by atomic mass is 28.3. The average molecular weight is 470 g/mol. The largest absolute Gasteiger partial charge is 0.361 e. The predicted octanol–water partition coefficient (Wildman–Crippen LogP) is 3.76. The topological polar surface area (TPSA) is 102 Å². The van der Waals surface area contributed by atoms with Gasteiger partial charge in [-0.2, -0.15) is 0 Å². The lowest BCUT2D eigenvalue weighted by Crippen LogP contribution is -2.35. The molecule has 0 aliphatic carbocycles. The summed E-state index contributed by atoms with van der Waals surface area (Å²) in [7, 11) is 0.865. The Labute approximate surface area is 194 Å². The Morgan fingerprint density at radius 3 is 2.76 bits per heavy atom. The van der Waals surface area contributed by atoms with E-state index >= 15 is 0 Å². The molecule has 10 nitrogen and oxygen atoms in total. The standard InChI is InChI=1S/C22H31N7O3Si/c1-26(20-6-5-17(13-23-20)29(30)31)18-7-9-27(14-18)21-19-8-10-28(22(19)25-15-24-21)16-32-11-12-33(2,3)4/h5-6,8,10,13,15,18H,7,9,11-12,14,16H2,1-4H3. The van der Waals surface area contributed by atoms with Gasteiger partial charge in [-0.05, 0) is 24.6 Å². The van der Waals surface area contributed by atoms with Crippen LogP contribution >= 0.6 is 0 Å². The molecule has 1 aliphatic rings. The minimum Gasteiger partial charge on any atom is -0.361 e. The Morgan fingerprint density at radius 1 is 1.24 bits per heavy atom. The third-order valence-electron chi connectivity index (χ3n) is 6.08. The predicted molar refractivity (Wildman–Crippen MR) is 132 cm³/mol. The summed E-state index contributed by atoms with van der Waals surface area (Å²) in [5.74, 6) is 1.65. The summed E-state index contributed by atoms with van der Waals surface area (Å²) in [6.45, 7) is 9.95. The first-order valence-electron chi connectivity index (χ1n) is 11.2. The molecule has 1 fully saturated rings. The molecule has 0 spiro atoms. The van der Waals surface area contributed by atoms with E-state index in [4.69, 9.17) is 4.74 Å². The van der Waals surface area contributed by atoms with Gasteiger partial charge in [0.25, 0.3) is 5.69 Å². The van der Waals surface area contributed by atoms with Gasteiger partial charge in [0.05, 0.1) is 10.3 Å². The van der Waals surface area contributed by atoms with E-state index in [-0.39, 0.29) is 11.7 Å². The van der Waals surface area contributed by atoms with Crippen molar-refractivity contribution in [2.75, 3.05) is 36.5 Å². The van der Waals surface area contributed by atoms with E-state index in [0.717, 1.165) is 54.8 Å². The summed E-state index contributed by atoms with van der Waals surface area (Å²) in [5.41, 5.74) is 0.874. The lowest BCUT2D eigenvalue weighted by atomic mass is 10.2. The number of pyridine rings is 1. The first-order chi connectivity index (χ1) is 15.7. The Kier molecular flexibility index (Phi) is 6.61. The fourth-order valence-corrected chi connectivity index (χ4v) is 4.78. The van der Waals surface area contributed by atoms with Gasteiger partial charge in [0.15, 0.2) is 0 Å². The Bertz CT molecular complexity index is 1110. The highest BCUT2D eigenvalue weighted by Gasteiger charge is 2.29. The van der Waals surface area contributed by atoms with E-state index in [1.165, 1.54) is 12.3 Å². The van der Waals surface area contributed by atoms with Crippen LogP contribution < -0.4 is 9.80 Å². The molecule has 0 bridgehead atoms. The molecule has 176 valence electrons. The molecule has 33 heavy (non-hydrogen) atoms. The number of nitro groups is 1. The Hall–Kier alpha value is -3.05. The fourth-order valence-electron chi connectivity index (χ4n) is 4.02. The van der Waals surface area contributed by atoms with Crippen molar-refractivity contribution in [1.29, 1.82) is 0 Å². The molecular formula is C22H31N7O3Si. The van der Waals surface area contributed by atoms with Gasteiger partial charge in [0.1, 0.15) is 36.5 Å². The summed E-state index contributed by atoms with van der Waals surface area (Å²) in [4.78, 5) is 28.2. The van der Waals surface area contributed by atoms with E-state index in [1.807, 2.05) is 17.8 Å². The lowest BCUT2D eigenvalue weighted by molar-refractivity contribution is -0.385. The quantitative estimate of drug-likeness (QED) is 0.202. The molecule has 1 aliphatic heterocycles. The van der Waals surface area contributed by atoms with Crippen molar-refractivity contribution in [3.8, 4) is 0 Å². The summed E-state index contributed by atoms with van der Waals surface area (Å²) >= 11 is 0. The van der Waals surface area contributed by atoms with Gasteiger partial charge < -0.3 is 19.1 Å². The van der Waals surface area contributed by atoms with Crippen LogP contribution in [0.15, 0.2) is 36.9 Å². The van der Waals surface area contributed by atoms with E-state index < -0.39 is 13.0 Å². The Balaban J connectivity index is 1.43. The smallest absolute Gasteiger partial charge is 0.287 e. The first kappa shape index (κ1) is 23.1. The SMILES string of the molecule is CN(c1ccc([N+](=O)[O-])cn1)C1CCN(c2ncnc3c2ccn3COCC[Si](C)(C)C)C1. The van der Waals surface area contributed by atoms with Gasteiger partial charge >= 0.3 is 0 Å². The van der Waals surface area contributed by atoms with Crippen molar-refractivity contribution in [3.05, 3.63) is 47.0 Å². The van der Waals surface area contributed by atoms with E-state index in [1.54, 1.807) is 12.4 Å². The highest BCUT2D eigenvalue weighted by molar-refractivity contribution is 6.76. The third-order valence-corrected chi connectivity index (χ3v) is 7.78. The lowest BCUT2D eigenvalue weighted by Gasteiger charge is -2.26. The van der Waals surface area contributed by atoms with Crippen LogP contribution in [-0.2, 0) is 11.5 Å². The van der Waals surface area contributed by atoms with Crippen LogP contribution in [0.2, 0.25) is 25.7 Å². The molecule has 0 amide bonds. The normalized spacial score (nSPS) is 16.5. The molecule has 4 heterocycles. The van der Waals surface area contributed by atoms with E-state index in [2.05, 4.69) is 50.5 Å². The number of rotatable bonds is 9. The molecule has 1 saturated heterocycles. The maximum absolute atomic E-state index is 10.9. The van der Waals surface area contributed by atoms with Crippen LogP contribution in [0.25, 0.3) is 11.0 Å². The number of ether oxygens (including phenoxy) is 1. The summed E-state index contributed by atoms with van der Waals surface area (Å²) in [6, 6.07) is 6.62. The number of likely N-dealkylation sites (N-methyl/N-ethyl adjacent to an activating group) is 1. The van der Waals surface area contributed by atoms with E-state index in [0.29, 0.717) is 6.73 Å². The molecule has 0 N–H and O–H groups in total. The van der Waals surface area contributed by atoms with Crippen molar-refractivity contribution in [2.24, 2.45) is 0 Å². The van der Waals surface area contributed by atoms with Crippen LogP contribution in [-0.4, -0.2) is 65.3 Å². The minimum absolute atomic E-state index is 0.00227. The zero-order valence-corrected chi connectivity index (χ0v) is 20.6. The monoisotopic (exact) mass is 469 g/mol. The van der Waals surface area contributed by atoms with Crippen LogP contribution in [0.5, 0.6) is 0 Å². The number of nitrogens with zero attached hydrogens (tertiary/aromatic N) is 7. The second-order valence-electron chi connectivity index (χ2n) is 9.70. The zero-order chi connectivity index (χ0) is 23.6. The zero-order valence-electron chi connectivity index (χ0n) is 19.6. The van der Waals surface area contributed by atoms with Gasteiger partial charge in [-0.3, -0.25) is 10.1 Å². The van der Waals surface area contributed by atoms with Crippen LogP contribution in [0.3, 0.4) is 0 Å². The minimum atomic E-state index is -1.11. The molecule has 11 heteroatoms. The van der Waals surface area contributed by atoms with Gasteiger partial charge in [-0.1, -0.05) is 19.6 Å². The van der Waals surface area contributed by atoms with Crippen LogP contribution in [0.4, 0.5) is 17.3 Å². The number of hydrogen-bond donors (Lipinski definition) is 0. The Morgan fingerprint density at radius 2 is 2.06 bits per heavy atom. The van der Waals surface area contributed by atoms with Crippen LogP contribution in [0, 0.1) is 10.1 Å². The highest BCUT2D eigenvalue weighted by Crippen LogP contribution is 2.29. The molecule has 4 rings (SSSR count). The molecule has 0 saturated carbocycles. The number of hydrogen-bond acceptors (Lipinski definition) is 8. The number of anilines is 2. The van der Waals surface area contributed by atoms with Gasteiger partial charge in [-0.25, -0.2) is 15.0 Å². The van der Waals surface area contributed by atoms with Crippen molar-refractivity contribution < 1.29 is 9.66 Å².